The van der Waals surface area contributed by atoms with E-state index in [4.69, 9.17) is 5.73 Å². The first-order valence-corrected chi connectivity index (χ1v) is 5.14. The number of aromatic nitrogens is 2. The van der Waals surface area contributed by atoms with Crippen LogP contribution in [0, 0.1) is 0 Å². The number of carbonyl (C=O) groups excluding carboxylic acids is 1. The lowest BCUT2D eigenvalue weighted by molar-refractivity contribution is -0.140. The summed E-state index contributed by atoms with van der Waals surface area (Å²) in [6.45, 7) is -1.36. The number of hydrogen-bond acceptors (Lipinski definition) is 3. The Bertz CT molecular complexity index is 706. The van der Waals surface area contributed by atoms with Gasteiger partial charge in [-0.15, -0.1) is 0 Å². The monoisotopic (exact) mass is 271 g/mol. The lowest BCUT2D eigenvalue weighted by Crippen LogP contribution is -2.27. The van der Waals surface area contributed by atoms with E-state index >= 15 is 0 Å². The molecule has 0 atom stereocenters. The van der Waals surface area contributed by atoms with E-state index in [2.05, 4.69) is 4.98 Å². The Balaban J connectivity index is 2.79. The van der Waals surface area contributed by atoms with Gasteiger partial charge in [-0.1, -0.05) is 0 Å². The number of rotatable bonds is 2. The van der Waals surface area contributed by atoms with Crippen molar-refractivity contribution in [3.63, 3.8) is 0 Å². The molecule has 0 fully saturated rings. The molecule has 0 unspecified atom stereocenters. The minimum absolute atomic E-state index is 0.0805. The number of carbonyl (C=O) groups is 1. The zero-order valence-electron chi connectivity index (χ0n) is 9.44. The Kier molecular flexibility index (Phi) is 3.01. The first kappa shape index (κ1) is 13.1. The predicted molar refractivity (Wildman–Crippen MR) is 60.6 cm³/mol. The Morgan fingerprint density at radius 2 is 2.11 bits per heavy atom. The summed E-state index contributed by atoms with van der Waals surface area (Å²) >= 11 is 0. The van der Waals surface area contributed by atoms with E-state index in [0.29, 0.717) is 4.57 Å². The molecule has 0 saturated carbocycles. The molecule has 0 radical (unpaired) electrons. The smallest absolute Gasteiger partial charge is 0.365 e. The third-order valence-corrected chi connectivity index (χ3v) is 2.45. The van der Waals surface area contributed by atoms with E-state index < -0.39 is 29.6 Å². The van der Waals surface area contributed by atoms with Crippen molar-refractivity contribution < 1.29 is 18.0 Å². The van der Waals surface area contributed by atoms with E-state index in [9.17, 15) is 22.8 Å². The molecule has 5 nitrogen and oxygen atoms in total. The number of amides is 1. The normalized spacial score (nSPS) is 11.7. The molecule has 2 rings (SSSR count). The summed E-state index contributed by atoms with van der Waals surface area (Å²) in [5.41, 5.74) is 3.62. The number of pyridine rings is 2. The number of fused-ring (bicyclic) bond motifs is 1. The van der Waals surface area contributed by atoms with Crippen LogP contribution in [0.2, 0.25) is 0 Å². The van der Waals surface area contributed by atoms with E-state index in [0.717, 1.165) is 6.20 Å². The summed E-state index contributed by atoms with van der Waals surface area (Å²) in [4.78, 5) is 26.7. The molecule has 100 valence electrons. The van der Waals surface area contributed by atoms with Gasteiger partial charge in [0, 0.05) is 12.4 Å². The topological polar surface area (TPSA) is 78.0 Å². The molecule has 2 heterocycles. The number of halogens is 3. The van der Waals surface area contributed by atoms with Crippen molar-refractivity contribution in [2.24, 2.45) is 5.73 Å². The van der Waals surface area contributed by atoms with Crippen LogP contribution in [-0.2, 0) is 6.54 Å². The summed E-state index contributed by atoms with van der Waals surface area (Å²) in [5, 5.41) is -0.0805. The third-order valence-electron chi connectivity index (χ3n) is 2.45. The quantitative estimate of drug-likeness (QED) is 0.887. The van der Waals surface area contributed by atoms with E-state index in [1.54, 1.807) is 0 Å². The van der Waals surface area contributed by atoms with Gasteiger partial charge in [-0.2, -0.15) is 13.2 Å². The molecule has 0 saturated heterocycles. The van der Waals surface area contributed by atoms with Crippen LogP contribution in [0.1, 0.15) is 10.4 Å². The van der Waals surface area contributed by atoms with Gasteiger partial charge in [0.2, 0.25) is 5.43 Å². The summed E-state index contributed by atoms with van der Waals surface area (Å²) in [5.74, 6) is -1.08. The molecule has 2 aromatic rings. The van der Waals surface area contributed by atoms with Gasteiger partial charge in [-0.3, -0.25) is 9.59 Å². The second kappa shape index (κ2) is 4.38. The van der Waals surface area contributed by atoms with Gasteiger partial charge >= 0.3 is 6.18 Å². The molecule has 0 aliphatic heterocycles. The molecule has 0 spiro atoms. The number of nitrogens with zero attached hydrogens (tertiary/aromatic N) is 2. The fraction of sp³-hybridized carbons (Fsp3) is 0.182. The third kappa shape index (κ3) is 2.56. The molecule has 0 aliphatic carbocycles. The fourth-order valence-electron chi connectivity index (χ4n) is 1.71. The maximum absolute atomic E-state index is 12.5. The van der Waals surface area contributed by atoms with Crippen LogP contribution in [-0.4, -0.2) is 21.6 Å². The number of nitrogens with two attached hydrogens (primary N) is 1. The molecular weight excluding hydrogens is 263 g/mol. The standard InChI is InChI=1S/C11H8F3N3O2/c12-11(13,14)5-17-4-7(9(15)19)8(18)6-2-1-3-16-10(6)17/h1-4H,5H2,(H2,15,19). The highest BCUT2D eigenvalue weighted by atomic mass is 19.4. The van der Waals surface area contributed by atoms with Gasteiger partial charge in [-0.25, -0.2) is 4.98 Å². The second-order valence-electron chi connectivity index (χ2n) is 3.85. The maximum Gasteiger partial charge on any atom is 0.406 e. The Hall–Kier alpha value is -2.38. The molecule has 0 aliphatic rings. The van der Waals surface area contributed by atoms with Gasteiger partial charge < -0.3 is 10.3 Å². The lowest BCUT2D eigenvalue weighted by atomic mass is 10.2. The van der Waals surface area contributed by atoms with Gasteiger partial charge in [0.05, 0.1) is 5.39 Å². The highest BCUT2D eigenvalue weighted by molar-refractivity contribution is 5.95. The highest BCUT2D eigenvalue weighted by Gasteiger charge is 2.29. The van der Waals surface area contributed by atoms with Gasteiger partial charge in [0.1, 0.15) is 17.8 Å². The molecule has 2 N–H and O–H groups in total. The van der Waals surface area contributed by atoms with E-state index in [1.165, 1.54) is 18.3 Å². The molecule has 2 aromatic heterocycles. The molecule has 19 heavy (non-hydrogen) atoms. The van der Waals surface area contributed by atoms with Gasteiger partial charge in [0.15, 0.2) is 0 Å². The Morgan fingerprint density at radius 3 is 2.68 bits per heavy atom. The van der Waals surface area contributed by atoms with Gasteiger partial charge in [0.25, 0.3) is 5.91 Å². The lowest BCUT2D eigenvalue weighted by Gasteiger charge is -2.13. The van der Waals surface area contributed by atoms with Crippen molar-refractivity contribution in [2.45, 2.75) is 12.7 Å². The van der Waals surface area contributed by atoms with Crippen LogP contribution in [0.25, 0.3) is 11.0 Å². The van der Waals surface area contributed by atoms with E-state index in [-0.39, 0.29) is 11.0 Å². The minimum Gasteiger partial charge on any atom is -0.365 e. The molecule has 8 heteroatoms. The van der Waals surface area contributed by atoms with E-state index in [1.807, 2.05) is 0 Å². The number of hydrogen-bond donors (Lipinski definition) is 1. The zero-order chi connectivity index (χ0) is 14.2. The maximum atomic E-state index is 12.5. The summed E-state index contributed by atoms with van der Waals surface area (Å²) in [7, 11) is 0. The Morgan fingerprint density at radius 1 is 1.42 bits per heavy atom. The van der Waals surface area contributed by atoms with Gasteiger partial charge in [-0.05, 0) is 12.1 Å². The summed E-state index contributed by atoms with van der Waals surface area (Å²) < 4.78 is 38.1. The van der Waals surface area contributed by atoms with Crippen molar-refractivity contribution in [1.82, 2.24) is 9.55 Å². The van der Waals surface area contributed by atoms with Crippen molar-refractivity contribution >= 4 is 16.9 Å². The van der Waals surface area contributed by atoms with Crippen LogP contribution in [0.5, 0.6) is 0 Å². The Labute approximate surface area is 104 Å². The predicted octanol–water partition coefficient (Wildman–Crippen LogP) is 1.06. The van der Waals surface area contributed by atoms with Crippen LogP contribution in [0.15, 0.2) is 29.3 Å². The average molecular weight is 271 g/mol. The summed E-state index contributed by atoms with van der Waals surface area (Å²) in [6.07, 6.45) is -2.46. The fourth-order valence-corrected chi connectivity index (χ4v) is 1.71. The molecule has 0 aromatic carbocycles. The molecule has 0 bridgehead atoms. The number of alkyl halides is 3. The molecule has 1 amide bonds. The van der Waals surface area contributed by atoms with Crippen LogP contribution < -0.4 is 11.2 Å². The van der Waals surface area contributed by atoms with Crippen LogP contribution in [0.3, 0.4) is 0 Å². The van der Waals surface area contributed by atoms with Crippen molar-refractivity contribution in [3.8, 4) is 0 Å². The zero-order valence-corrected chi connectivity index (χ0v) is 9.44. The average Bonchev–Trinajstić information content (AvgIpc) is 2.31. The second-order valence-corrected chi connectivity index (χ2v) is 3.85. The van der Waals surface area contributed by atoms with Crippen LogP contribution >= 0.6 is 0 Å². The molecular formula is C11H8F3N3O2. The van der Waals surface area contributed by atoms with Crippen molar-refractivity contribution in [3.05, 3.63) is 40.3 Å². The highest BCUT2D eigenvalue weighted by Crippen LogP contribution is 2.20. The first-order valence-electron chi connectivity index (χ1n) is 5.14. The minimum atomic E-state index is -4.51. The first-order chi connectivity index (χ1) is 8.79. The van der Waals surface area contributed by atoms with Crippen LogP contribution in [0.4, 0.5) is 13.2 Å². The van der Waals surface area contributed by atoms with Crippen molar-refractivity contribution in [1.29, 1.82) is 0 Å². The summed E-state index contributed by atoms with van der Waals surface area (Å²) in [6, 6.07) is 2.69. The largest absolute Gasteiger partial charge is 0.406 e. The number of primary amides is 1. The van der Waals surface area contributed by atoms with Crippen molar-refractivity contribution in [2.75, 3.05) is 0 Å². The SMILES string of the molecule is NC(=O)c1cn(CC(F)(F)F)c2ncccc2c1=O.